The number of aliphatic hydroxyl groups excluding tert-OH is 1. The molecule has 0 radical (unpaired) electrons. The third-order valence-electron chi connectivity index (χ3n) is 2.46. The van der Waals surface area contributed by atoms with Gasteiger partial charge in [-0.25, -0.2) is 0 Å². The first-order chi connectivity index (χ1) is 8.25. The number of rotatable bonds is 3. The van der Waals surface area contributed by atoms with Crippen LogP contribution in [0.25, 0.3) is 0 Å². The number of hydrogen-bond acceptors (Lipinski definition) is 5. The van der Waals surface area contributed by atoms with Crippen LogP contribution in [0.1, 0.15) is 20.8 Å². The van der Waals surface area contributed by atoms with E-state index >= 15 is 0 Å². The lowest BCUT2D eigenvalue weighted by Crippen LogP contribution is -2.42. The summed E-state index contributed by atoms with van der Waals surface area (Å²) in [5, 5.41) is 9.92. The van der Waals surface area contributed by atoms with E-state index in [0.29, 0.717) is 0 Å². The van der Waals surface area contributed by atoms with E-state index in [0.717, 1.165) is 3.58 Å². The highest BCUT2D eigenvalue weighted by Crippen LogP contribution is 2.26. The molecule has 1 rings (SSSR count). The summed E-state index contributed by atoms with van der Waals surface area (Å²) in [6.07, 6.45) is -0.214. The van der Waals surface area contributed by atoms with Gasteiger partial charge in [0.1, 0.15) is 18.8 Å². The van der Waals surface area contributed by atoms with E-state index in [2.05, 4.69) is 0 Å². The maximum Gasteiger partial charge on any atom is 0.311 e. The van der Waals surface area contributed by atoms with Gasteiger partial charge < -0.3 is 19.3 Å². The first kappa shape index (κ1) is 15.9. The van der Waals surface area contributed by atoms with E-state index in [-0.39, 0.29) is 12.6 Å². The van der Waals surface area contributed by atoms with Gasteiger partial charge in [0.05, 0.1) is 5.41 Å². The lowest BCUT2D eigenvalue weighted by Gasteiger charge is -2.31. The van der Waals surface area contributed by atoms with Crippen LogP contribution in [0.4, 0.5) is 0 Å². The van der Waals surface area contributed by atoms with E-state index < -0.39 is 23.9 Å². The molecule has 0 saturated heterocycles. The molecule has 0 aliphatic carbocycles. The van der Waals surface area contributed by atoms with E-state index in [1.807, 2.05) is 22.6 Å². The zero-order chi connectivity index (χ0) is 13.9. The molecule has 0 spiro atoms. The van der Waals surface area contributed by atoms with Crippen LogP contribution in [0, 0.1) is 5.41 Å². The summed E-state index contributed by atoms with van der Waals surface area (Å²) < 4.78 is 16.4. The molecule has 0 saturated carbocycles. The van der Waals surface area contributed by atoms with Crippen molar-refractivity contribution < 1.29 is 24.1 Å². The molecule has 1 heterocycles. The van der Waals surface area contributed by atoms with Crippen LogP contribution in [0.3, 0.4) is 0 Å². The molecule has 0 aromatic rings. The zero-order valence-electron chi connectivity index (χ0n) is 11.0. The zero-order valence-corrected chi connectivity index (χ0v) is 13.1. The molecular formula is C12H19IO5. The Morgan fingerprint density at radius 2 is 2.17 bits per heavy atom. The molecule has 104 valence electrons. The van der Waals surface area contributed by atoms with Crippen LogP contribution >= 0.6 is 22.6 Å². The topological polar surface area (TPSA) is 65.0 Å². The Labute approximate surface area is 121 Å². The molecule has 0 bridgehead atoms. The third-order valence-corrected chi connectivity index (χ3v) is 3.46. The highest BCUT2D eigenvalue weighted by molar-refractivity contribution is 14.1. The Morgan fingerprint density at radius 1 is 1.56 bits per heavy atom. The smallest absolute Gasteiger partial charge is 0.311 e. The number of hydrogen-bond donors (Lipinski definition) is 1. The Kier molecular flexibility index (Phi) is 5.57. The molecule has 1 aliphatic heterocycles. The number of ether oxygens (including phenoxy) is 3. The van der Waals surface area contributed by atoms with Crippen LogP contribution in [0.5, 0.6) is 0 Å². The Morgan fingerprint density at radius 3 is 2.67 bits per heavy atom. The second-order valence-electron chi connectivity index (χ2n) is 5.12. The van der Waals surface area contributed by atoms with Gasteiger partial charge in [0, 0.05) is 10.7 Å². The molecule has 1 N–H and O–H groups in total. The molecule has 0 aromatic heterocycles. The lowest BCUT2D eigenvalue weighted by molar-refractivity contribution is -0.184. The second-order valence-corrected chi connectivity index (χ2v) is 6.37. The molecule has 18 heavy (non-hydrogen) atoms. The minimum Gasteiger partial charge on any atom is -0.462 e. The summed E-state index contributed by atoms with van der Waals surface area (Å²) in [4.78, 5) is 11.6. The van der Waals surface area contributed by atoms with Crippen LogP contribution in [0.2, 0.25) is 0 Å². The fourth-order valence-electron chi connectivity index (χ4n) is 1.32. The highest BCUT2D eigenvalue weighted by Gasteiger charge is 2.33. The van der Waals surface area contributed by atoms with E-state index in [4.69, 9.17) is 14.2 Å². The summed E-state index contributed by atoms with van der Waals surface area (Å²) >= 11 is 2.02. The Bertz CT molecular complexity index is 334. The summed E-state index contributed by atoms with van der Waals surface area (Å²) in [5.41, 5.74) is -0.566. The van der Waals surface area contributed by atoms with Crippen LogP contribution in [0.15, 0.2) is 9.66 Å². The minimum atomic E-state index is -0.787. The van der Waals surface area contributed by atoms with Gasteiger partial charge in [0.25, 0.3) is 0 Å². The van der Waals surface area contributed by atoms with Gasteiger partial charge in [0.15, 0.2) is 6.29 Å². The van der Waals surface area contributed by atoms with Gasteiger partial charge in [0.2, 0.25) is 0 Å². The molecule has 0 aromatic carbocycles. The average Bonchev–Trinajstić information content (AvgIpc) is 2.29. The number of halogens is 1. The second kappa shape index (κ2) is 6.31. The monoisotopic (exact) mass is 370 g/mol. The first-order valence-corrected chi connectivity index (χ1v) is 6.74. The number of carbonyl (C=O) groups excluding carboxylic acids is 1. The molecule has 0 amide bonds. The van der Waals surface area contributed by atoms with Gasteiger partial charge in [-0.2, -0.15) is 0 Å². The highest BCUT2D eigenvalue weighted by atomic mass is 127. The summed E-state index contributed by atoms with van der Waals surface area (Å²) in [7, 11) is 1.51. The maximum absolute atomic E-state index is 11.6. The fourth-order valence-corrected chi connectivity index (χ4v) is 2.02. The average molecular weight is 370 g/mol. The molecule has 5 nitrogen and oxygen atoms in total. The molecule has 6 heteroatoms. The van der Waals surface area contributed by atoms with Crippen molar-refractivity contribution >= 4 is 28.6 Å². The van der Waals surface area contributed by atoms with Crippen LogP contribution < -0.4 is 0 Å². The standard InChI is InChI=1S/C12H19IO5/c1-12(2,3)11(15)17-6-8-10(14)7(13)5-9(16-4)18-8/h5,8-10,14H,6H2,1-4H3. The van der Waals surface area contributed by atoms with Crippen molar-refractivity contribution in [1.29, 1.82) is 0 Å². The SMILES string of the molecule is COC1C=C(I)C(O)C(COC(=O)C(C)(C)C)O1. The third kappa shape index (κ3) is 4.18. The Balaban J connectivity index is 2.58. The molecule has 1 aliphatic rings. The van der Waals surface area contributed by atoms with Crippen molar-refractivity contribution in [2.45, 2.75) is 39.3 Å². The van der Waals surface area contributed by atoms with Crippen LogP contribution in [-0.2, 0) is 19.0 Å². The summed E-state index contributed by atoms with van der Waals surface area (Å²) in [6.45, 7) is 5.33. The van der Waals surface area contributed by atoms with Crippen molar-refractivity contribution in [3.8, 4) is 0 Å². The molecule has 3 unspecified atom stereocenters. The minimum absolute atomic E-state index is 0.0114. The lowest BCUT2D eigenvalue weighted by atomic mass is 9.97. The van der Waals surface area contributed by atoms with Crippen molar-refractivity contribution in [1.82, 2.24) is 0 Å². The maximum atomic E-state index is 11.6. The van der Waals surface area contributed by atoms with Gasteiger partial charge in [-0.3, -0.25) is 4.79 Å². The van der Waals surface area contributed by atoms with Gasteiger partial charge >= 0.3 is 5.97 Å². The molecule has 0 fully saturated rings. The van der Waals surface area contributed by atoms with Gasteiger partial charge in [-0.05, 0) is 49.4 Å². The van der Waals surface area contributed by atoms with Gasteiger partial charge in [-0.15, -0.1) is 0 Å². The summed E-state index contributed by atoms with van der Waals surface area (Å²) in [5.74, 6) is -0.322. The quantitative estimate of drug-likeness (QED) is 0.604. The van der Waals surface area contributed by atoms with Crippen molar-refractivity contribution in [2.75, 3.05) is 13.7 Å². The van der Waals surface area contributed by atoms with Crippen molar-refractivity contribution in [3.63, 3.8) is 0 Å². The first-order valence-electron chi connectivity index (χ1n) is 5.66. The number of carbonyl (C=O) groups is 1. The normalized spacial score (nSPS) is 28.8. The molecular weight excluding hydrogens is 351 g/mol. The Hall–Kier alpha value is -0.180. The number of aliphatic hydroxyl groups is 1. The largest absolute Gasteiger partial charge is 0.462 e. The van der Waals surface area contributed by atoms with Gasteiger partial charge in [-0.1, -0.05) is 0 Å². The predicted octanol–water partition coefficient (Wildman–Crippen LogP) is 1.63. The number of methoxy groups -OCH3 is 1. The van der Waals surface area contributed by atoms with Crippen molar-refractivity contribution in [3.05, 3.63) is 9.66 Å². The van der Waals surface area contributed by atoms with E-state index in [1.54, 1.807) is 26.8 Å². The van der Waals surface area contributed by atoms with E-state index in [1.165, 1.54) is 7.11 Å². The molecule has 3 atom stereocenters. The van der Waals surface area contributed by atoms with Crippen molar-refractivity contribution in [2.24, 2.45) is 5.41 Å². The van der Waals surface area contributed by atoms with Crippen LogP contribution in [-0.4, -0.2) is 43.3 Å². The fraction of sp³-hybridized carbons (Fsp3) is 0.750. The number of esters is 1. The summed E-state index contributed by atoms with van der Waals surface area (Å²) in [6, 6.07) is 0. The predicted molar refractivity (Wildman–Crippen MR) is 74.2 cm³/mol. The van der Waals surface area contributed by atoms with E-state index in [9.17, 15) is 9.90 Å².